The summed E-state index contributed by atoms with van der Waals surface area (Å²) in [6.07, 6.45) is 0.559. The molecule has 65 heavy (non-hydrogen) atoms. The molecule has 332 valence electrons. The molecule has 17 heteroatoms. The Hall–Kier alpha value is -8.01. The maximum atomic E-state index is 13.2. The smallest absolute Gasteiger partial charge is 0.419 e. The Balaban J connectivity index is 1.02. The van der Waals surface area contributed by atoms with Gasteiger partial charge >= 0.3 is 6.09 Å². The number of aliphatic imine (C=N–C) groups is 1. The number of benzene rings is 7. The third kappa shape index (κ3) is 11.0. The Labute approximate surface area is 383 Å². The summed E-state index contributed by atoms with van der Waals surface area (Å²) < 4.78 is 33.6. The first-order chi connectivity index (χ1) is 31.4. The Bertz CT molecular complexity index is 2840. The molecule has 2 amide bonds. The number of phenolic OH excluding ortho intramolecular Hbond substituents is 1. The number of anilines is 4. The molecule has 0 aliphatic carbocycles. The zero-order chi connectivity index (χ0) is 46.0. The van der Waals surface area contributed by atoms with E-state index in [9.17, 15) is 19.8 Å². The van der Waals surface area contributed by atoms with Crippen molar-refractivity contribution in [2.45, 2.75) is 6.61 Å². The summed E-state index contributed by atoms with van der Waals surface area (Å²) in [6.45, 7) is 0.101. The molecule has 7 aromatic carbocycles. The minimum Gasteiger partial charge on any atom is -0.506 e. The van der Waals surface area contributed by atoms with E-state index in [4.69, 9.17) is 57.4 Å². The summed E-state index contributed by atoms with van der Waals surface area (Å²) in [5.74, 6) is 1.82. The number of nitrogens with one attached hydrogen (secondary N) is 2. The van der Waals surface area contributed by atoms with Gasteiger partial charge < -0.3 is 55.0 Å². The van der Waals surface area contributed by atoms with Gasteiger partial charge in [-0.25, -0.2) is 9.79 Å². The number of carbonyl (C=O) groups is 2. The first-order valence-corrected chi connectivity index (χ1v) is 20.3. The second-order valence-corrected chi connectivity index (χ2v) is 14.8. The summed E-state index contributed by atoms with van der Waals surface area (Å²) in [7, 11) is 4.68. The van der Waals surface area contributed by atoms with Gasteiger partial charge in [0.05, 0.1) is 52.6 Å². The molecule has 0 bridgehead atoms. The highest BCUT2D eigenvalue weighted by Crippen LogP contribution is 2.42. The Morgan fingerprint density at radius 1 is 0.738 bits per heavy atom. The second-order valence-electron chi connectivity index (χ2n) is 14.0. The molecular weight excluding hydrogens is 877 g/mol. The van der Waals surface area contributed by atoms with Crippen molar-refractivity contribution in [3.05, 3.63) is 149 Å². The van der Waals surface area contributed by atoms with E-state index < -0.39 is 12.0 Å². The van der Waals surface area contributed by atoms with E-state index in [1.165, 1.54) is 30.5 Å². The zero-order valence-corrected chi connectivity index (χ0v) is 36.5. The fraction of sp³-hybridized carbons (Fsp3) is 0.104. The average Bonchev–Trinajstić information content (AvgIpc) is 3.30. The number of rotatable bonds is 17. The molecule has 6 N–H and O–H groups in total. The normalized spacial score (nSPS) is 10.9. The highest BCUT2D eigenvalue weighted by Gasteiger charge is 2.20. The number of aromatic hydroxyl groups is 2. The van der Waals surface area contributed by atoms with E-state index in [1.807, 2.05) is 0 Å². The number of nitrogens with zero attached hydrogens (tertiary/aromatic N) is 2. The van der Waals surface area contributed by atoms with Crippen molar-refractivity contribution < 1.29 is 48.2 Å². The summed E-state index contributed by atoms with van der Waals surface area (Å²) in [6, 6.07) is 35.0. The molecule has 0 spiro atoms. The number of phenols is 2. The first-order valence-electron chi connectivity index (χ1n) is 19.6. The largest absolute Gasteiger partial charge is 0.506 e. The van der Waals surface area contributed by atoms with Crippen molar-refractivity contribution in [2.75, 3.05) is 43.5 Å². The number of amides is 2. The van der Waals surface area contributed by atoms with E-state index in [1.54, 1.807) is 129 Å². The number of carbonyl (C=O) groups excluding carboxylic acids is 2. The highest BCUT2D eigenvalue weighted by molar-refractivity contribution is 6.37. The molecule has 0 atom stereocenters. The number of halogens is 2. The van der Waals surface area contributed by atoms with Crippen LogP contribution < -0.4 is 49.7 Å². The lowest BCUT2D eigenvalue weighted by atomic mass is 10.0. The Kier molecular flexibility index (Phi) is 14.2. The maximum Gasteiger partial charge on any atom is 0.419 e. The van der Waals surface area contributed by atoms with Crippen molar-refractivity contribution in [1.82, 2.24) is 0 Å². The molecule has 0 aliphatic heterocycles. The van der Waals surface area contributed by atoms with Gasteiger partial charge in [-0.1, -0.05) is 53.5 Å². The van der Waals surface area contributed by atoms with Gasteiger partial charge in [-0.15, -0.1) is 0 Å². The molecule has 0 radical (unpaired) electrons. The molecule has 0 aliphatic rings. The minimum absolute atomic E-state index is 0.0263. The van der Waals surface area contributed by atoms with Crippen LogP contribution in [0.1, 0.15) is 15.9 Å². The minimum atomic E-state index is -0.771. The third-order valence-corrected chi connectivity index (χ3v) is 10.4. The standard InChI is InChI=1S/C48H41Cl2N5O10/c1-55(43-6-4-5-36-35(43)19-20-37(45(36)57)47(51)58)48(59)65-34-9-7-28(8-10-34)25-62-46-38(49)21-29(22-39(46)50)54-41-23-42(53-27-64-33-17-13-31(61-3)14-18-33)44(56)24-40(41)52-26-63-32-15-11-30(60-2)12-16-32/h4-24,26,53-54,56-57H,25,27H2,1-3H3,(H2,51,58). The zero-order valence-electron chi connectivity index (χ0n) is 35.0. The third-order valence-electron chi connectivity index (χ3n) is 9.81. The topological polar surface area (TPSA) is 196 Å². The summed E-state index contributed by atoms with van der Waals surface area (Å²) in [5.41, 5.74) is 8.11. The molecule has 0 unspecified atom stereocenters. The van der Waals surface area contributed by atoms with Crippen LogP contribution in [0.2, 0.25) is 10.0 Å². The van der Waals surface area contributed by atoms with Gasteiger partial charge in [0.2, 0.25) is 0 Å². The van der Waals surface area contributed by atoms with Crippen LogP contribution in [0.3, 0.4) is 0 Å². The monoisotopic (exact) mass is 917 g/mol. The van der Waals surface area contributed by atoms with Gasteiger partial charge in [0, 0.05) is 29.6 Å². The summed E-state index contributed by atoms with van der Waals surface area (Å²) in [4.78, 5) is 30.6. The van der Waals surface area contributed by atoms with Crippen molar-refractivity contribution in [3.63, 3.8) is 0 Å². The molecule has 0 heterocycles. The lowest BCUT2D eigenvalue weighted by molar-refractivity contribution is 0.0998. The lowest BCUT2D eigenvalue weighted by Crippen LogP contribution is -2.29. The van der Waals surface area contributed by atoms with E-state index in [0.717, 1.165) is 5.56 Å². The number of nitrogens with two attached hydrogens (primary N) is 1. The number of ether oxygens (including phenoxy) is 6. The number of hydrogen-bond acceptors (Lipinski definition) is 13. The van der Waals surface area contributed by atoms with E-state index in [2.05, 4.69) is 15.6 Å². The van der Waals surface area contributed by atoms with Gasteiger partial charge in [-0.3, -0.25) is 9.69 Å². The van der Waals surface area contributed by atoms with Crippen LogP contribution in [0.4, 0.5) is 33.2 Å². The quantitative estimate of drug-likeness (QED) is 0.0191. The molecule has 0 saturated carbocycles. The molecule has 15 nitrogen and oxygen atoms in total. The number of fused-ring (bicyclic) bond motifs is 1. The van der Waals surface area contributed by atoms with Gasteiger partial charge in [0.15, 0.2) is 18.9 Å². The lowest BCUT2D eigenvalue weighted by Gasteiger charge is -2.19. The molecule has 0 saturated heterocycles. The highest BCUT2D eigenvalue weighted by atomic mass is 35.5. The molecule has 0 aromatic heterocycles. The van der Waals surface area contributed by atoms with Crippen molar-refractivity contribution in [1.29, 1.82) is 0 Å². The summed E-state index contributed by atoms with van der Waals surface area (Å²) in [5, 5.41) is 29.2. The average molecular weight is 919 g/mol. The van der Waals surface area contributed by atoms with Crippen LogP contribution in [0, 0.1) is 0 Å². The van der Waals surface area contributed by atoms with Crippen LogP contribution >= 0.6 is 23.2 Å². The molecule has 0 fully saturated rings. The second kappa shape index (κ2) is 20.4. The van der Waals surface area contributed by atoms with Crippen molar-refractivity contribution >= 4 is 80.8 Å². The number of hydrogen-bond donors (Lipinski definition) is 5. The van der Waals surface area contributed by atoms with E-state index in [0.29, 0.717) is 62.2 Å². The predicted molar refractivity (Wildman–Crippen MR) is 251 cm³/mol. The van der Waals surface area contributed by atoms with Crippen LogP contribution in [-0.2, 0) is 6.61 Å². The SMILES string of the molecule is COc1ccc(OC=Nc2cc(O)c(NCOc3ccc(OC)cc3)cc2Nc2cc(Cl)c(OCc3ccc(OC(=O)N(C)c4cccc5c(O)c(C(N)=O)ccc45)cc3)c(Cl)c2)cc1. The fourth-order valence-electron chi connectivity index (χ4n) is 6.41. The van der Waals surface area contributed by atoms with Gasteiger partial charge in [-0.2, -0.15) is 0 Å². The molecule has 7 rings (SSSR count). The Morgan fingerprint density at radius 3 is 2.02 bits per heavy atom. The van der Waals surface area contributed by atoms with Gasteiger partial charge in [-0.05, 0) is 96.6 Å². The van der Waals surface area contributed by atoms with Gasteiger partial charge in [0.25, 0.3) is 5.91 Å². The summed E-state index contributed by atoms with van der Waals surface area (Å²) >= 11 is 13.5. The Morgan fingerprint density at radius 2 is 1.37 bits per heavy atom. The maximum absolute atomic E-state index is 13.2. The van der Waals surface area contributed by atoms with Crippen molar-refractivity contribution in [3.8, 4) is 46.0 Å². The van der Waals surface area contributed by atoms with Crippen LogP contribution in [-0.4, -0.2) is 56.6 Å². The van der Waals surface area contributed by atoms with Crippen molar-refractivity contribution in [2.24, 2.45) is 10.7 Å². The van der Waals surface area contributed by atoms with Gasteiger partial charge in [0.1, 0.15) is 46.9 Å². The van der Waals surface area contributed by atoms with Crippen LogP contribution in [0.15, 0.2) is 132 Å². The first kappa shape index (κ1) is 45.0. The number of primary amides is 1. The van der Waals surface area contributed by atoms with E-state index in [-0.39, 0.29) is 51.9 Å². The van der Waals surface area contributed by atoms with E-state index >= 15 is 0 Å². The predicted octanol–water partition coefficient (Wildman–Crippen LogP) is 10.8. The molecule has 7 aromatic rings. The fourth-order valence-corrected chi connectivity index (χ4v) is 7.01. The van der Waals surface area contributed by atoms with Crippen LogP contribution in [0.5, 0.6) is 46.0 Å². The molecular formula is C48H41Cl2N5O10. The van der Waals surface area contributed by atoms with Crippen LogP contribution in [0.25, 0.3) is 10.8 Å². The number of methoxy groups -OCH3 is 2.